The molecule has 128 valence electrons. The molecule has 1 aliphatic rings. The molecule has 0 radical (unpaired) electrons. The molecule has 0 saturated heterocycles. The van der Waals surface area contributed by atoms with E-state index in [4.69, 9.17) is 5.73 Å². The van der Waals surface area contributed by atoms with Gasteiger partial charge < -0.3 is 5.73 Å². The fourth-order valence-corrected chi connectivity index (χ4v) is 2.64. The number of carbonyl (C=O) groups excluding carboxylic acids is 1. The fraction of sp³-hybridized carbons (Fsp3) is 0.158. The standard InChI is InChI=1S/C19H20N4O2/c1-13-8-9-15(19(24)22-25-2)11-17(13)23-18(20)16(12-21-23)10-14-6-4-3-5-7-14/h3-12,18H,20H2,1-2H3,(H,22,24). The van der Waals surface area contributed by atoms with Crippen LogP contribution >= 0.6 is 0 Å². The van der Waals surface area contributed by atoms with E-state index in [9.17, 15) is 4.79 Å². The summed E-state index contributed by atoms with van der Waals surface area (Å²) in [6.45, 7) is 1.95. The van der Waals surface area contributed by atoms with Crippen LogP contribution in [0.2, 0.25) is 0 Å². The molecule has 0 bridgehead atoms. The van der Waals surface area contributed by atoms with Crippen LogP contribution in [0.4, 0.5) is 5.69 Å². The summed E-state index contributed by atoms with van der Waals surface area (Å²) >= 11 is 0. The second-order valence-electron chi connectivity index (χ2n) is 5.73. The van der Waals surface area contributed by atoms with Gasteiger partial charge in [0.25, 0.3) is 5.91 Å². The Morgan fingerprint density at radius 2 is 2.04 bits per heavy atom. The number of hydrogen-bond donors (Lipinski definition) is 2. The monoisotopic (exact) mass is 336 g/mol. The SMILES string of the molecule is CONC(=O)c1ccc(C)c(N2N=CC(=Cc3ccccc3)C2N)c1. The van der Waals surface area contributed by atoms with Crippen LogP contribution in [0.3, 0.4) is 0 Å². The summed E-state index contributed by atoms with van der Waals surface area (Å²) in [7, 11) is 1.40. The summed E-state index contributed by atoms with van der Waals surface area (Å²) in [5.41, 5.74) is 12.9. The summed E-state index contributed by atoms with van der Waals surface area (Å²) in [5.74, 6) is -0.319. The van der Waals surface area contributed by atoms with Crippen LogP contribution in [-0.4, -0.2) is 25.4 Å². The maximum Gasteiger partial charge on any atom is 0.274 e. The number of rotatable bonds is 4. The zero-order valence-corrected chi connectivity index (χ0v) is 14.1. The molecule has 3 rings (SSSR count). The molecule has 6 heteroatoms. The van der Waals surface area contributed by atoms with E-state index in [1.807, 2.05) is 49.4 Å². The van der Waals surface area contributed by atoms with Crippen LogP contribution in [0.15, 0.2) is 59.2 Å². The van der Waals surface area contributed by atoms with Crippen molar-refractivity contribution in [1.82, 2.24) is 5.48 Å². The van der Waals surface area contributed by atoms with Gasteiger partial charge in [-0.3, -0.25) is 9.63 Å². The van der Waals surface area contributed by atoms with Crippen molar-refractivity contribution in [1.29, 1.82) is 0 Å². The van der Waals surface area contributed by atoms with E-state index in [2.05, 4.69) is 15.4 Å². The second kappa shape index (κ2) is 7.29. The van der Waals surface area contributed by atoms with Crippen molar-refractivity contribution in [2.24, 2.45) is 10.8 Å². The van der Waals surface area contributed by atoms with Gasteiger partial charge in [-0.15, -0.1) is 0 Å². The van der Waals surface area contributed by atoms with Gasteiger partial charge in [-0.25, -0.2) is 10.5 Å². The Morgan fingerprint density at radius 1 is 1.28 bits per heavy atom. The lowest BCUT2D eigenvalue weighted by Crippen LogP contribution is -2.36. The topological polar surface area (TPSA) is 80.0 Å². The first-order chi connectivity index (χ1) is 12.1. The van der Waals surface area contributed by atoms with Gasteiger partial charge >= 0.3 is 0 Å². The maximum atomic E-state index is 12.0. The van der Waals surface area contributed by atoms with E-state index >= 15 is 0 Å². The van der Waals surface area contributed by atoms with Gasteiger partial charge in [-0.1, -0.05) is 36.4 Å². The van der Waals surface area contributed by atoms with Crippen molar-refractivity contribution in [3.8, 4) is 0 Å². The minimum absolute atomic E-state index is 0.319. The molecule has 1 heterocycles. The first-order valence-corrected chi connectivity index (χ1v) is 7.89. The quantitative estimate of drug-likeness (QED) is 0.841. The summed E-state index contributed by atoms with van der Waals surface area (Å²) in [6, 6.07) is 15.3. The van der Waals surface area contributed by atoms with Gasteiger partial charge in [0.05, 0.1) is 19.0 Å². The van der Waals surface area contributed by atoms with Gasteiger partial charge in [-0.05, 0) is 36.3 Å². The molecule has 6 nitrogen and oxygen atoms in total. The number of aryl methyl sites for hydroxylation is 1. The van der Waals surface area contributed by atoms with Crippen molar-refractivity contribution >= 4 is 23.9 Å². The summed E-state index contributed by atoms with van der Waals surface area (Å²) in [5, 5.41) is 6.14. The molecule has 1 aliphatic heterocycles. The highest BCUT2D eigenvalue weighted by Crippen LogP contribution is 2.28. The highest BCUT2D eigenvalue weighted by atomic mass is 16.6. The van der Waals surface area contributed by atoms with Crippen LogP contribution in [0.5, 0.6) is 0 Å². The molecular formula is C19H20N4O2. The Balaban J connectivity index is 1.88. The zero-order valence-electron chi connectivity index (χ0n) is 14.1. The average molecular weight is 336 g/mol. The number of hydrazone groups is 1. The lowest BCUT2D eigenvalue weighted by atomic mass is 10.1. The van der Waals surface area contributed by atoms with Gasteiger partial charge in [0.1, 0.15) is 6.17 Å². The van der Waals surface area contributed by atoms with E-state index in [0.717, 1.165) is 22.4 Å². The number of benzene rings is 2. The van der Waals surface area contributed by atoms with Crippen molar-refractivity contribution < 1.29 is 9.63 Å². The predicted molar refractivity (Wildman–Crippen MR) is 99.0 cm³/mol. The minimum Gasteiger partial charge on any atom is -0.306 e. The molecule has 0 spiro atoms. The molecular weight excluding hydrogens is 316 g/mol. The van der Waals surface area contributed by atoms with E-state index in [-0.39, 0.29) is 5.91 Å². The molecule has 0 aliphatic carbocycles. The van der Waals surface area contributed by atoms with E-state index in [1.54, 1.807) is 23.4 Å². The Kier molecular flexibility index (Phi) is 4.92. The zero-order chi connectivity index (χ0) is 17.8. The van der Waals surface area contributed by atoms with Crippen LogP contribution in [0.1, 0.15) is 21.5 Å². The molecule has 1 atom stereocenters. The molecule has 0 fully saturated rings. The molecule has 2 aromatic rings. The van der Waals surface area contributed by atoms with Crippen molar-refractivity contribution in [2.45, 2.75) is 13.1 Å². The van der Waals surface area contributed by atoms with Gasteiger partial charge in [0.15, 0.2) is 0 Å². The number of nitrogens with one attached hydrogen (secondary N) is 1. The number of anilines is 1. The maximum absolute atomic E-state index is 12.0. The van der Waals surface area contributed by atoms with Crippen LogP contribution < -0.4 is 16.2 Å². The summed E-state index contributed by atoms with van der Waals surface area (Å²) < 4.78 is 0. The van der Waals surface area contributed by atoms with E-state index in [0.29, 0.717) is 5.56 Å². The van der Waals surface area contributed by atoms with Crippen LogP contribution in [0, 0.1) is 6.92 Å². The normalized spacial score (nSPS) is 18.0. The van der Waals surface area contributed by atoms with Gasteiger partial charge in [-0.2, -0.15) is 5.10 Å². The first-order valence-electron chi connectivity index (χ1n) is 7.89. The van der Waals surface area contributed by atoms with Crippen LogP contribution in [-0.2, 0) is 4.84 Å². The van der Waals surface area contributed by atoms with Gasteiger partial charge in [0.2, 0.25) is 0 Å². The third kappa shape index (κ3) is 3.60. The smallest absolute Gasteiger partial charge is 0.274 e. The van der Waals surface area contributed by atoms with E-state index < -0.39 is 6.17 Å². The summed E-state index contributed by atoms with van der Waals surface area (Å²) in [4.78, 5) is 16.7. The molecule has 0 saturated carbocycles. The Bertz CT molecular complexity index is 831. The largest absolute Gasteiger partial charge is 0.306 e. The Morgan fingerprint density at radius 3 is 2.76 bits per heavy atom. The van der Waals surface area contributed by atoms with E-state index in [1.165, 1.54) is 7.11 Å². The van der Waals surface area contributed by atoms with Crippen molar-refractivity contribution in [2.75, 3.05) is 12.1 Å². The molecule has 25 heavy (non-hydrogen) atoms. The Labute approximate surface area is 146 Å². The Hall–Kier alpha value is -2.96. The van der Waals surface area contributed by atoms with Crippen molar-refractivity contribution in [3.63, 3.8) is 0 Å². The molecule has 3 N–H and O–H groups in total. The number of amides is 1. The third-order valence-electron chi connectivity index (χ3n) is 3.98. The fourth-order valence-electron chi connectivity index (χ4n) is 2.64. The summed E-state index contributed by atoms with van der Waals surface area (Å²) in [6.07, 6.45) is 3.34. The third-order valence-corrected chi connectivity index (χ3v) is 3.98. The molecule has 1 amide bonds. The minimum atomic E-state index is -0.417. The lowest BCUT2D eigenvalue weighted by Gasteiger charge is -2.23. The average Bonchev–Trinajstić information content (AvgIpc) is 2.97. The first kappa shape index (κ1) is 16.9. The van der Waals surface area contributed by atoms with Crippen LogP contribution in [0.25, 0.3) is 6.08 Å². The number of hydroxylamine groups is 1. The van der Waals surface area contributed by atoms with Crippen molar-refractivity contribution in [3.05, 3.63) is 70.8 Å². The number of nitrogens with zero attached hydrogens (tertiary/aromatic N) is 2. The highest BCUT2D eigenvalue weighted by molar-refractivity contribution is 5.96. The molecule has 0 aromatic heterocycles. The predicted octanol–water partition coefficient (Wildman–Crippen LogP) is 2.46. The molecule has 2 aromatic carbocycles. The molecule has 1 unspecified atom stereocenters. The second-order valence-corrected chi connectivity index (χ2v) is 5.73. The van der Waals surface area contributed by atoms with Gasteiger partial charge in [0, 0.05) is 11.1 Å². The number of nitrogens with two attached hydrogens (primary N) is 1. The lowest BCUT2D eigenvalue weighted by molar-refractivity contribution is 0.0537. The number of hydrogen-bond acceptors (Lipinski definition) is 5. The number of carbonyl (C=O) groups is 1. The highest BCUT2D eigenvalue weighted by Gasteiger charge is 2.25.